The second kappa shape index (κ2) is 5.55. The van der Waals surface area contributed by atoms with Gasteiger partial charge >= 0.3 is 0 Å². The molecule has 0 amide bonds. The molecular weight excluding hydrogens is 208 g/mol. The predicted octanol–water partition coefficient (Wildman–Crippen LogP) is 2.31. The summed E-state index contributed by atoms with van der Waals surface area (Å²) < 4.78 is 5.65. The average Bonchev–Trinajstić information content (AvgIpc) is 2.30. The van der Waals surface area contributed by atoms with Gasteiger partial charge in [-0.15, -0.1) is 0 Å². The van der Waals surface area contributed by atoms with Gasteiger partial charge in [0.25, 0.3) is 0 Å². The number of aliphatic hydroxyl groups excluding tert-OH is 1. The monoisotopic (exact) mass is 230 g/mol. The van der Waals surface area contributed by atoms with Crippen LogP contribution in [0.25, 0.3) is 0 Å². The summed E-state index contributed by atoms with van der Waals surface area (Å²) in [7, 11) is 0. The molecule has 1 N–H and O–H groups in total. The smallest absolute Gasteiger partial charge is 0.0927 e. The molecule has 0 aromatic rings. The van der Waals surface area contributed by atoms with E-state index in [4.69, 9.17) is 4.74 Å². The summed E-state index contributed by atoms with van der Waals surface area (Å²) in [6, 6.07) is 0. The van der Waals surface area contributed by atoms with Gasteiger partial charge in [0, 0.05) is 11.5 Å². The Morgan fingerprint density at radius 3 is 2.60 bits per heavy atom. The molecular formula is C12H22O2S. The molecule has 1 saturated heterocycles. The van der Waals surface area contributed by atoms with Crippen LogP contribution < -0.4 is 0 Å². The van der Waals surface area contributed by atoms with Crippen LogP contribution in [-0.4, -0.2) is 35.4 Å². The second-order valence-electron chi connectivity index (χ2n) is 4.99. The third-order valence-electron chi connectivity index (χ3n) is 3.77. The van der Waals surface area contributed by atoms with Crippen LogP contribution in [0.2, 0.25) is 0 Å². The molecule has 2 fully saturated rings. The largest absolute Gasteiger partial charge is 0.390 e. The highest BCUT2D eigenvalue weighted by molar-refractivity contribution is 7.99. The lowest BCUT2D eigenvalue weighted by atomic mass is 9.79. The van der Waals surface area contributed by atoms with Crippen molar-refractivity contribution >= 4 is 11.8 Å². The van der Waals surface area contributed by atoms with Gasteiger partial charge in [0.1, 0.15) is 0 Å². The Bertz CT molecular complexity index is 184. The van der Waals surface area contributed by atoms with Gasteiger partial charge in [0.15, 0.2) is 0 Å². The van der Waals surface area contributed by atoms with Crippen molar-refractivity contribution in [3.63, 3.8) is 0 Å². The average molecular weight is 230 g/mol. The van der Waals surface area contributed by atoms with Crippen LogP contribution >= 0.6 is 11.8 Å². The van der Waals surface area contributed by atoms with Crippen LogP contribution in [0, 0.1) is 11.8 Å². The number of rotatable bonds is 2. The molecule has 0 spiro atoms. The quantitative estimate of drug-likeness (QED) is 0.789. The summed E-state index contributed by atoms with van der Waals surface area (Å²) in [5, 5.41) is 10.2. The fourth-order valence-corrected chi connectivity index (χ4v) is 3.54. The number of hydrogen-bond donors (Lipinski definition) is 1. The molecule has 1 heterocycles. The predicted molar refractivity (Wildman–Crippen MR) is 64.2 cm³/mol. The van der Waals surface area contributed by atoms with Crippen molar-refractivity contribution < 1.29 is 9.84 Å². The van der Waals surface area contributed by atoms with E-state index >= 15 is 0 Å². The van der Waals surface area contributed by atoms with E-state index in [-0.39, 0.29) is 12.2 Å². The second-order valence-corrected chi connectivity index (χ2v) is 6.14. The van der Waals surface area contributed by atoms with Crippen molar-refractivity contribution in [1.82, 2.24) is 0 Å². The van der Waals surface area contributed by atoms with Crippen molar-refractivity contribution in [3.05, 3.63) is 0 Å². The zero-order valence-electron chi connectivity index (χ0n) is 9.52. The molecule has 2 atom stereocenters. The standard InChI is InChI=1S/C12H22O2S/c1-9-2-4-10(5-3-9)12(13)11-8-15-7-6-14-11/h9-13H,2-8H2,1H3. The molecule has 2 unspecified atom stereocenters. The molecule has 2 rings (SSSR count). The molecule has 88 valence electrons. The van der Waals surface area contributed by atoms with Crippen LogP contribution in [0.15, 0.2) is 0 Å². The van der Waals surface area contributed by atoms with Crippen molar-refractivity contribution in [2.45, 2.75) is 44.8 Å². The van der Waals surface area contributed by atoms with Gasteiger partial charge in [-0.2, -0.15) is 11.8 Å². The van der Waals surface area contributed by atoms with Crippen molar-refractivity contribution in [1.29, 1.82) is 0 Å². The molecule has 1 aliphatic heterocycles. The fraction of sp³-hybridized carbons (Fsp3) is 1.00. The summed E-state index contributed by atoms with van der Waals surface area (Å²) in [5.41, 5.74) is 0. The van der Waals surface area contributed by atoms with E-state index in [9.17, 15) is 5.11 Å². The van der Waals surface area contributed by atoms with E-state index in [1.165, 1.54) is 25.7 Å². The number of aliphatic hydroxyl groups is 1. The molecule has 15 heavy (non-hydrogen) atoms. The summed E-state index contributed by atoms with van der Waals surface area (Å²) in [5.74, 6) is 3.41. The van der Waals surface area contributed by atoms with E-state index in [0.717, 1.165) is 24.0 Å². The molecule has 0 bridgehead atoms. The van der Waals surface area contributed by atoms with E-state index < -0.39 is 0 Å². The Balaban J connectivity index is 1.81. The molecule has 1 aliphatic carbocycles. The Hall–Kier alpha value is 0.270. The molecule has 0 aromatic carbocycles. The summed E-state index contributed by atoms with van der Waals surface area (Å²) >= 11 is 1.91. The zero-order chi connectivity index (χ0) is 10.7. The number of ether oxygens (including phenoxy) is 1. The highest BCUT2D eigenvalue weighted by Crippen LogP contribution is 2.33. The highest BCUT2D eigenvalue weighted by Gasteiger charge is 2.32. The maximum absolute atomic E-state index is 10.2. The molecule has 0 aromatic heterocycles. The first-order valence-electron chi connectivity index (χ1n) is 6.15. The summed E-state index contributed by atoms with van der Waals surface area (Å²) in [6.07, 6.45) is 4.82. The van der Waals surface area contributed by atoms with Gasteiger partial charge in [0.2, 0.25) is 0 Å². The number of hydrogen-bond acceptors (Lipinski definition) is 3. The SMILES string of the molecule is CC1CCC(C(O)C2CSCCO2)CC1. The van der Waals surface area contributed by atoms with E-state index in [2.05, 4.69) is 6.92 Å². The van der Waals surface area contributed by atoms with Crippen LogP contribution in [0.3, 0.4) is 0 Å². The lowest BCUT2D eigenvalue weighted by Gasteiger charge is -2.35. The van der Waals surface area contributed by atoms with E-state index in [1.54, 1.807) is 0 Å². The van der Waals surface area contributed by atoms with E-state index in [1.807, 2.05) is 11.8 Å². The van der Waals surface area contributed by atoms with Crippen LogP contribution in [-0.2, 0) is 4.74 Å². The molecule has 2 nitrogen and oxygen atoms in total. The van der Waals surface area contributed by atoms with Gasteiger partial charge < -0.3 is 9.84 Å². The third-order valence-corrected chi connectivity index (χ3v) is 4.79. The first kappa shape index (κ1) is 11.7. The van der Waals surface area contributed by atoms with Gasteiger partial charge in [-0.25, -0.2) is 0 Å². The Morgan fingerprint density at radius 1 is 1.27 bits per heavy atom. The minimum atomic E-state index is -0.217. The Labute approximate surface area is 96.8 Å². The van der Waals surface area contributed by atoms with Gasteiger partial charge in [-0.1, -0.05) is 19.8 Å². The first-order chi connectivity index (χ1) is 7.27. The highest BCUT2D eigenvalue weighted by atomic mass is 32.2. The summed E-state index contributed by atoms with van der Waals surface area (Å²) in [4.78, 5) is 0. The zero-order valence-corrected chi connectivity index (χ0v) is 10.3. The lowest BCUT2D eigenvalue weighted by molar-refractivity contribution is -0.0573. The Kier molecular flexibility index (Phi) is 4.35. The first-order valence-corrected chi connectivity index (χ1v) is 7.30. The summed E-state index contributed by atoms with van der Waals surface area (Å²) in [6.45, 7) is 3.13. The normalized spacial score (nSPS) is 40.0. The molecule has 0 radical (unpaired) electrons. The van der Waals surface area contributed by atoms with Crippen LogP contribution in [0.4, 0.5) is 0 Å². The topological polar surface area (TPSA) is 29.5 Å². The fourth-order valence-electron chi connectivity index (χ4n) is 2.63. The third kappa shape index (κ3) is 3.11. The van der Waals surface area contributed by atoms with Gasteiger partial charge in [-0.05, 0) is 24.7 Å². The van der Waals surface area contributed by atoms with Crippen molar-refractivity contribution in [2.24, 2.45) is 11.8 Å². The molecule has 3 heteroatoms. The van der Waals surface area contributed by atoms with E-state index in [0.29, 0.717) is 5.92 Å². The minimum absolute atomic E-state index is 0.0992. The lowest BCUT2D eigenvalue weighted by Crippen LogP contribution is -2.41. The number of thioether (sulfide) groups is 1. The maximum Gasteiger partial charge on any atom is 0.0927 e. The molecule has 1 saturated carbocycles. The Morgan fingerprint density at radius 2 is 2.00 bits per heavy atom. The van der Waals surface area contributed by atoms with Gasteiger partial charge in [-0.3, -0.25) is 0 Å². The molecule has 2 aliphatic rings. The van der Waals surface area contributed by atoms with Gasteiger partial charge in [0.05, 0.1) is 18.8 Å². The maximum atomic E-state index is 10.2. The minimum Gasteiger partial charge on any atom is -0.390 e. The van der Waals surface area contributed by atoms with Crippen LogP contribution in [0.5, 0.6) is 0 Å². The van der Waals surface area contributed by atoms with Crippen molar-refractivity contribution in [3.8, 4) is 0 Å². The van der Waals surface area contributed by atoms with Crippen molar-refractivity contribution in [2.75, 3.05) is 18.1 Å². The van der Waals surface area contributed by atoms with Crippen LogP contribution in [0.1, 0.15) is 32.6 Å².